The number of aromatic hydroxyl groups is 2. The first kappa shape index (κ1) is 75.0. The minimum Gasteiger partial charge on any atom is -0.694 e. The maximum atomic E-state index is 13.7. The van der Waals surface area contributed by atoms with E-state index in [9.17, 15) is 34.8 Å². The quantitative estimate of drug-likeness (QED) is 0.131. The fourth-order valence-electron chi connectivity index (χ4n) is 6.12. The Kier molecular flexibility index (Phi) is 43.6. The summed E-state index contributed by atoms with van der Waals surface area (Å²) in [6.45, 7) is 6.04. The van der Waals surface area contributed by atoms with Crippen molar-refractivity contribution in [2.75, 3.05) is 14.2 Å². The summed E-state index contributed by atoms with van der Waals surface area (Å²) < 4.78 is 17.3. The standard InChI is InChI=1S/C29H31N2O11.11V.W/c1-12-24(33)16(31(3)11-30-39)8-19(41-12)42-18-10-29(38,13(2)32)9-15-21(18)28(37)23-22(26(15)35)25(34)14-6-5-7-17(40-4)20(14)27(23)36;;;;;;;;;;;;/h5-7,11-12,16,18-19,24,33,35,37-39H,2,8-10H2,1,3-4H3;;;;;;;;;;;;/q-3;;;;;;;;;;;;/t12-,16-,18-,19-,24+,29-;;;;;;;;;;;;/m0............/s1. The van der Waals surface area contributed by atoms with E-state index in [0.717, 1.165) is 6.67 Å². The maximum Gasteiger partial charge on any atom is 0.202 e. The minimum absolute atomic E-state index is 0. The fourth-order valence-corrected chi connectivity index (χ4v) is 6.12. The van der Waals surface area contributed by atoms with Crippen LogP contribution < -0.4 is 4.74 Å². The molecule has 5 N–H and O–H groups in total. The number of carbonyl (C=O) groups is 3. The number of hydroxylamine groups is 1. The number of fused-ring (bicyclic) bond motifs is 3. The van der Waals surface area contributed by atoms with E-state index >= 15 is 0 Å². The van der Waals surface area contributed by atoms with Crippen LogP contribution in [0, 0.1) is 13.6 Å². The van der Waals surface area contributed by atoms with E-state index in [2.05, 4.69) is 12.4 Å². The van der Waals surface area contributed by atoms with Crippen LogP contribution in [0.1, 0.15) is 68.8 Å². The molecule has 5 rings (SSSR count). The number of Topliss-reactive ketones (excluding diaryl/α,β-unsaturated/α-hetero) is 1. The van der Waals surface area contributed by atoms with Crippen molar-refractivity contribution in [2.45, 2.75) is 62.4 Å². The molecule has 3 aliphatic rings. The molecule has 1 fully saturated rings. The number of hydrogen-bond acceptors (Lipinski definition) is 12. The van der Waals surface area contributed by atoms with Crippen molar-refractivity contribution in [1.29, 1.82) is 0 Å². The molecule has 25 heteroatoms. The normalized spacial score (nSPS) is 22.3. The molecule has 2 aromatic rings. The molecule has 1 heterocycles. The second kappa shape index (κ2) is 31.4. The third-order valence-electron chi connectivity index (χ3n) is 8.34. The Morgan fingerprint density at radius 3 is 2.00 bits per heavy atom. The zero-order chi connectivity index (χ0) is 30.7. The summed E-state index contributed by atoms with van der Waals surface area (Å²) in [4.78, 5) is 41.3. The van der Waals surface area contributed by atoms with Crippen LogP contribution >= 0.6 is 0 Å². The number of likely N-dealkylation sites (N-methyl/N-ethyl adjacent to an activating group) is 1. The summed E-state index contributed by atoms with van der Waals surface area (Å²) in [5.41, 5.74) is -0.472. The molecule has 0 aromatic heterocycles. The van der Waals surface area contributed by atoms with Gasteiger partial charge >= 0.3 is 0 Å². The zero-order valence-electron chi connectivity index (χ0n) is 28.4. The van der Waals surface area contributed by atoms with Gasteiger partial charge in [0, 0.05) is 273 Å². The van der Waals surface area contributed by atoms with Crippen molar-refractivity contribution >= 4 is 17.3 Å². The molecule has 2 aliphatic carbocycles. The molecule has 0 amide bonds. The Labute approximate surface area is 459 Å². The van der Waals surface area contributed by atoms with E-state index in [1.807, 2.05) is 0 Å². The van der Waals surface area contributed by atoms with E-state index < -0.39 is 89.1 Å². The van der Waals surface area contributed by atoms with Crippen molar-refractivity contribution in [3.05, 3.63) is 70.7 Å². The molecule has 1 saturated heterocycles. The van der Waals surface area contributed by atoms with E-state index in [1.54, 1.807) is 14.0 Å². The van der Waals surface area contributed by atoms with Crippen LogP contribution in [-0.4, -0.2) is 92.2 Å². The second-order valence-electron chi connectivity index (χ2n) is 10.8. The van der Waals surface area contributed by atoms with Gasteiger partial charge in [0.2, 0.25) is 5.78 Å². The summed E-state index contributed by atoms with van der Waals surface area (Å²) in [6.07, 6.45) is -5.10. The number of aliphatic hydroxyl groups is 2. The molecule has 1 aliphatic heterocycles. The van der Waals surface area contributed by atoms with E-state index in [0.29, 0.717) is 0 Å². The smallest absolute Gasteiger partial charge is 0.202 e. The number of carbonyl (C=O) groups excluding carboxylic acids is 3. The zero-order valence-corrected chi connectivity index (χ0v) is 46.7. The Morgan fingerprint density at radius 1 is 0.963 bits per heavy atom. The molecule has 13 nitrogen and oxygen atoms in total. The third-order valence-corrected chi connectivity index (χ3v) is 8.34. The molecule has 0 saturated carbocycles. The summed E-state index contributed by atoms with van der Waals surface area (Å²) in [6, 6.07) is 3.75. The Hall–Kier alpha value is 3.56. The molecule has 0 spiro atoms. The van der Waals surface area contributed by atoms with Gasteiger partial charge in [0.15, 0.2) is 12.1 Å². The number of benzene rings is 2. The van der Waals surface area contributed by atoms with Crippen molar-refractivity contribution in [3.8, 4) is 17.2 Å². The van der Waals surface area contributed by atoms with Crippen LogP contribution in [0.3, 0.4) is 0 Å². The van der Waals surface area contributed by atoms with Crippen LogP contribution in [-0.2, 0) is 246 Å². The first-order valence-corrected chi connectivity index (χ1v) is 13.2. The molecule has 11 radical (unpaired) electrons. The number of ketones is 3. The van der Waals surface area contributed by atoms with Gasteiger partial charge in [0.05, 0.1) is 42.1 Å². The molecule has 0 unspecified atom stereocenters. The number of rotatable bonds is 7. The molecule has 54 heavy (non-hydrogen) atoms. The van der Waals surface area contributed by atoms with Crippen LogP contribution in [0.15, 0.2) is 18.2 Å². The van der Waals surface area contributed by atoms with Crippen LogP contribution in [0.4, 0.5) is 0 Å². The van der Waals surface area contributed by atoms with E-state index in [-0.39, 0.29) is 260 Å². The van der Waals surface area contributed by atoms with Crippen LogP contribution in [0.2, 0.25) is 0 Å². The third kappa shape index (κ3) is 14.6. The van der Waals surface area contributed by atoms with E-state index in [1.165, 1.54) is 30.2 Å². The second-order valence-corrected chi connectivity index (χ2v) is 10.8. The molecular weight excluding hydrogens is 1300 g/mol. The molecule has 6 atom stereocenters. The summed E-state index contributed by atoms with van der Waals surface area (Å²) in [7, 11) is 2.90. The largest absolute Gasteiger partial charge is 0.694 e. The van der Waals surface area contributed by atoms with E-state index in [4.69, 9.17) is 19.4 Å². The monoisotopic (exact) mass is 1330 g/mol. The first-order chi connectivity index (χ1) is 19.8. The SMILES string of the molecule is [CH2-]C(=O)[C@]1(O)Cc2c(O)c3c(c(O)c2[C@@H](O[C@H]2C[C@H](N(C)[CH-][N-]O)[C@H](O)[C@H](C)O2)C1)C(=O)c1c(OC)cccc1C3=O.[V].[V].[V].[V].[V].[V].[V].[V].[V].[V].[V].[W]. The average molecular weight is 1330 g/mol. The number of ether oxygens (including phenoxy) is 3. The molecule has 2 aromatic carbocycles. The van der Waals surface area contributed by atoms with Gasteiger partial charge in [0.1, 0.15) is 22.8 Å². The van der Waals surface area contributed by atoms with Gasteiger partial charge < -0.3 is 68.6 Å². The Bertz CT molecular complexity index is 1510. The van der Waals surface area contributed by atoms with Crippen molar-refractivity contribution in [2.24, 2.45) is 0 Å². The van der Waals surface area contributed by atoms with Gasteiger partial charge in [0.25, 0.3) is 0 Å². The Balaban J connectivity index is -0.000000294. The van der Waals surface area contributed by atoms with Gasteiger partial charge in [-0.1, -0.05) is 12.1 Å². The fraction of sp³-hybridized carbons (Fsp3) is 0.414. The Morgan fingerprint density at radius 2 is 1.50 bits per heavy atom. The number of nitrogens with zero attached hydrogens (tertiary/aromatic N) is 2. The number of phenols is 2. The summed E-state index contributed by atoms with van der Waals surface area (Å²) in [5, 5.41) is 53.9. The van der Waals surface area contributed by atoms with Crippen molar-refractivity contribution in [1.82, 2.24) is 4.90 Å². The predicted octanol–water partition coefficient (Wildman–Crippen LogP) is 1.67. The minimum atomic E-state index is -2.15. The van der Waals surface area contributed by atoms with Crippen molar-refractivity contribution < 1.29 is 279 Å². The number of hydrogen-bond donors (Lipinski definition) is 5. The average Bonchev–Trinajstić information content (AvgIpc) is 2.94. The van der Waals surface area contributed by atoms with Gasteiger partial charge in [-0.05, 0) is 20.0 Å². The van der Waals surface area contributed by atoms with Gasteiger partial charge in [-0.15, -0.1) is 0 Å². The summed E-state index contributed by atoms with van der Waals surface area (Å²) in [5.74, 6) is -3.64. The molecule has 287 valence electrons. The number of aliphatic hydroxyl groups excluding tert-OH is 1. The maximum absolute atomic E-state index is 13.7. The predicted molar refractivity (Wildman–Crippen MR) is 143 cm³/mol. The van der Waals surface area contributed by atoms with Crippen LogP contribution in [0.25, 0.3) is 5.48 Å². The number of methoxy groups -OCH3 is 1. The van der Waals surface area contributed by atoms with Crippen molar-refractivity contribution in [3.63, 3.8) is 0 Å². The summed E-state index contributed by atoms with van der Waals surface area (Å²) >= 11 is 0. The van der Waals surface area contributed by atoms with Gasteiger partial charge in [-0.25, -0.2) is 0 Å². The van der Waals surface area contributed by atoms with Crippen LogP contribution in [0.5, 0.6) is 17.2 Å². The molecular formula is C29H31N2O11V11W-3. The molecule has 0 bridgehead atoms. The van der Waals surface area contributed by atoms with Gasteiger partial charge in [-0.3, -0.25) is 9.59 Å². The topological polar surface area (TPSA) is 197 Å². The first-order valence-electron chi connectivity index (χ1n) is 13.2. The van der Waals surface area contributed by atoms with Gasteiger partial charge in [-0.2, -0.15) is 0 Å². The number of phenolic OH excluding ortho intramolecular Hbond substituents is 2.